The Hall–Kier alpha value is -1.28. The number of para-hydroxylation sites is 1. The molecule has 1 saturated carbocycles. The van der Waals surface area contributed by atoms with Crippen LogP contribution in [0.3, 0.4) is 0 Å². The van der Waals surface area contributed by atoms with Gasteiger partial charge < -0.3 is 9.73 Å². The standard InChI is InChI=1S/C17H23NO/c1-3-16-15(11-18-12(2)13-7-6-8-13)14-9-4-5-10-17(14)19-16/h4-5,9-10,12-13,18H,3,6-8,11H2,1-2H3. The fourth-order valence-electron chi connectivity index (χ4n) is 3.00. The summed E-state index contributed by atoms with van der Waals surface area (Å²) in [7, 11) is 0. The summed E-state index contributed by atoms with van der Waals surface area (Å²) >= 11 is 0. The number of benzene rings is 1. The summed E-state index contributed by atoms with van der Waals surface area (Å²) in [6.07, 6.45) is 5.15. The second-order valence-corrected chi connectivity index (χ2v) is 5.71. The summed E-state index contributed by atoms with van der Waals surface area (Å²) < 4.78 is 5.94. The lowest BCUT2D eigenvalue weighted by molar-refractivity contribution is 0.240. The molecule has 0 aliphatic heterocycles. The Kier molecular flexibility index (Phi) is 3.61. The smallest absolute Gasteiger partial charge is 0.134 e. The fourth-order valence-corrected chi connectivity index (χ4v) is 3.00. The molecule has 0 radical (unpaired) electrons. The Morgan fingerprint density at radius 2 is 2.11 bits per heavy atom. The van der Waals surface area contributed by atoms with Crippen molar-refractivity contribution >= 4 is 11.0 Å². The maximum atomic E-state index is 5.94. The molecule has 0 saturated heterocycles. The van der Waals surface area contributed by atoms with Crippen LogP contribution in [-0.4, -0.2) is 6.04 Å². The molecule has 2 aromatic rings. The summed E-state index contributed by atoms with van der Waals surface area (Å²) in [6, 6.07) is 8.98. The molecule has 1 atom stereocenters. The van der Waals surface area contributed by atoms with Crippen molar-refractivity contribution in [3.8, 4) is 0 Å². The van der Waals surface area contributed by atoms with Crippen LogP contribution in [0.25, 0.3) is 11.0 Å². The molecule has 1 unspecified atom stereocenters. The van der Waals surface area contributed by atoms with Crippen molar-refractivity contribution in [1.82, 2.24) is 5.32 Å². The zero-order chi connectivity index (χ0) is 13.2. The third-order valence-corrected chi connectivity index (χ3v) is 4.56. The van der Waals surface area contributed by atoms with Gasteiger partial charge in [-0.3, -0.25) is 0 Å². The topological polar surface area (TPSA) is 25.2 Å². The predicted octanol–water partition coefficient (Wildman–Crippen LogP) is 4.27. The first-order chi connectivity index (χ1) is 9.29. The minimum absolute atomic E-state index is 0.618. The van der Waals surface area contributed by atoms with Gasteiger partial charge in [-0.1, -0.05) is 31.5 Å². The third-order valence-electron chi connectivity index (χ3n) is 4.56. The van der Waals surface area contributed by atoms with Crippen LogP contribution >= 0.6 is 0 Å². The highest BCUT2D eigenvalue weighted by atomic mass is 16.3. The third kappa shape index (κ3) is 2.42. The molecule has 1 heterocycles. The van der Waals surface area contributed by atoms with E-state index < -0.39 is 0 Å². The van der Waals surface area contributed by atoms with Crippen LogP contribution in [0.5, 0.6) is 0 Å². The average molecular weight is 257 g/mol. The summed E-state index contributed by atoms with van der Waals surface area (Å²) in [5, 5.41) is 4.96. The van der Waals surface area contributed by atoms with Gasteiger partial charge in [0.1, 0.15) is 11.3 Å². The Balaban J connectivity index is 1.78. The normalized spacial score (nSPS) is 17.6. The zero-order valence-electron chi connectivity index (χ0n) is 11.9. The molecule has 1 fully saturated rings. The second kappa shape index (κ2) is 5.38. The summed E-state index contributed by atoms with van der Waals surface area (Å²) in [5.41, 5.74) is 2.37. The van der Waals surface area contributed by atoms with E-state index in [2.05, 4.69) is 37.4 Å². The van der Waals surface area contributed by atoms with E-state index in [1.807, 2.05) is 6.07 Å². The monoisotopic (exact) mass is 257 g/mol. The van der Waals surface area contributed by atoms with E-state index in [4.69, 9.17) is 4.42 Å². The molecule has 2 heteroatoms. The molecular formula is C17H23NO. The lowest BCUT2D eigenvalue weighted by atomic mass is 9.80. The molecule has 1 N–H and O–H groups in total. The Morgan fingerprint density at radius 1 is 1.32 bits per heavy atom. The maximum Gasteiger partial charge on any atom is 0.134 e. The highest BCUT2D eigenvalue weighted by Gasteiger charge is 2.24. The summed E-state index contributed by atoms with van der Waals surface area (Å²) in [4.78, 5) is 0. The lowest BCUT2D eigenvalue weighted by Crippen LogP contribution is -2.36. The van der Waals surface area contributed by atoms with E-state index in [9.17, 15) is 0 Å². The number of hydrogen-bond acceptors (Lipinski definition) is 2. The van der Waals surface area contributed by atoms with Gasteiger partial charge in [0.25, 0.3) is 0 Å². The number of furan rings is 1. The Bertz CT molecular complexity index is 553. The number of hydrogen-bond donors (Lipinski definition) is 1. The summed E-state index contributed by atoms with van der Waals surface area (Å²) in [5.74, 6) is 2.01. The highest BCUT2D eigenvalue weighted by Crippen LogP contribution is 2.30. The van der Waals surface area contributed by atoms with Crippen molar-refractivity contribution in [2.45, 2.75) is 52.1 Å². The molecule has 1 aromatic heterocycles. The largest absolute Gasteiger partial charge is 0.461 e. The molecule has 3 rings (SSSR count). The molecule has 0 amide bonds. The zero-order valence-corrected chi connectivity index (χ0v) is 11.9. The summed E-state index contributed by atoms with van der Waals surface area (Å²) in [6.45, 7) is 5.41. The second-order valence-electron chi connectivity index (χ2n) is 5.71. The fraction of sp³-hybridized carbons (Fsp3) is 0.529. The molecule has 1 aliphatic carbocycles. The molecular weight excluding hydrogens is 234 g/mol. The molecule has 102 valence electrons. The molecule has 0 spiro atoms. The van der Waals surface area contributed by atoms with Crippen molar-refractivity contribution in [2.24, 2.45) is 5.92 Å². The number of nitrogens with one attached hydrogen (secondary N) is 1. The van der Waals surface area contributed by atoms with Gasteiger partial charge in [0, 0.05) is 30.0 Å². The Morgan fingerprint density at radius 3 is 2.79 bits per heavy atom. The van der Waals surface area contributed by atoms with Gasteiger partial charge in [-0.2, -0.15) is 0 Å². The van der Waals surface area contributed by atoms with Gasteiger partial charge in [-0.05, 0) is 31.7 Å². The van der Waals surface area contributed by atoms with E-state index in [0.717, 1.165) is 30.2 Å². The SMILES string of the molecule is CCc1oc2ccccc2c1CNC(C)C1CCC1. The van der Waals surface area contributed by atoms with Crippen molar-refractivity contribution in [2.75, 3.05) is 0 Å². The van der Waals surface area contributed by atoms with Crippen molar-refractivity contribution < 1.29 is 4.42 Å². The van der Waals surface area contributed by atoms with Crippen molar-refractivity contribution in [3.63, 3.8) is 0 Å². The van der Waals surface area contributed by atoms with Gasteiger partial charge in [0.2, 0.25) is 0 Å². The highest BCUT2D eigenvalue weighted by molar-refractivity contribution is 5.82. The predicted molar refractivity (Wildman–Crippen MR) is 79.2 cm³/mol. The molecule has 2 nitrogen and oxygen atoms in total. The number of rotatable bonds is 5. The minimum atomic E-state index is 0.618. The van der Waals surface area contributed by atoms with Gasteiger partial charge in [0.15, 0.2) is 0 Å². The van der Waals surface area contributed by atoms with E-state index in [-0.39, 0.29) is 0 Å². The minimum Gasteiger partial charge on any atom is -0.461 e. The number of fused-ring (bicyclic) bond motifs is 1. The maximum absolute atomic E-state index is 5.94. The van der Waals surface area contributed by atoms with Crippen LogP contribution in [0.4, 0.5) is 0 Å². The van der Waals surface area contributed by atoms with E-state index in [1.165, 1.54) is 30.2 Å². The Labute approximate surface area is 115 Å². The molecule has 0 bridgehead atoms. The van der Waals surface area contributed by atoms with E-state index in [0.29, 0.717) is 6.04 Å². The van der Waals surface area contributed by atoms with Crippen LogP contribution < -0.4 is 5.32 Å². The van der Waals surface area contributed by atoms with Gasteiger partial charge >= 0.3 is 0 Å². The van der Waals surface area contributed by atoms with Crippen LogP contribution in [0, 0.1) is 5.92 Å². The molecule has 1 aliphatic rings. The molecule has 19 heavy (non-hydrogen) atoms. The van der Waals surface area contributed by atoms with Gasteiger partial charge in [-0.25, -0.2) is 0 Å². The van der Waals surface area contributed by atoms with E-state index >= 15 is 0 Å². The first-order valence-corrected chi connectivity index (χ1v) is 7.52. The lowest BCUT2D eigenvalue weighted by Gasteiger charge is -2.32. The first-order valence-electron chi connectivity index (χ1n) is 7.52. The average Bonchev–Trinajstić information content (AvgIpc) is 2.72. The van der Waals surface area contributed by atoms with Crippen LogP contribution in [0.1, 0.15) is 44.4 Å². The van der Waals surface area contributed by atoms with Crippen LogP contribution in [-0.2, 0) is 13.0 Å². The van der Waals surface area contributed by atoms with E-state index in [1.54, 1.807) is 0 Å². The first kappa shape index (κ1) is 12.7. The van der Waals surface area contributed by atoms with Crippen LogP contribution in [0.15, 0.2) is 28.7 Å². The van der Waals surface area contributed by atoms with Gasteiger partial charge in [0.05, 0.1) is 0 Å². The quantitative estimate of drug-likeness (QED) is 0.865. The number of aryl methyl sites for hydroxylation is 1. The van der Waals surface area contributed by atoms with Crippen molar-refractivity contribution in [1.29, 1.82) is 0 Å². The van der Waals surface area contributed by atoms with Crippen LogP contribution in [0.2, 0.25) is 0 Å². The van der Waals surface area contributed by atoms with Crippen molar-refractivity contribution in [3.05, 3.63) is 35.6 Å². The van der Waals surface area contributed by atoms with Gasteiger partial charge in [-0.15, -0.1) is 0 Å². The molecule has 1 aromatic carbocycles.